The molecular formula is C21H35N3O3. The summed E-state index contributed by atoms with van der Waals surface area (Å²) in [7, 11) is 0. The lowest BCUT2D eigenvalue weighted by Crippen LogP contribution is -2.49. The fraction of sp³-hybridized carbons (Fsp3) is 0.714. The van der Waals surface area contributed by atoms with Crippen molar-refractivity contribution in [3.63, 3.8) is 0 Å². The summed E-state index contributed by atoms with van der Waals surface area (Å²) in [6.07, 6.45) is 4.66. The molecule has 2 saturated heterocycles. The number of nitrogens with zero attached hydrogens (tertiary/aromatic N) is 3. The molecule has 152 valence electrons. The van der Waals surface area contributed by atoms with E-state index in [0.717, 1.165) is 44.8 Å². The molecule has 1 amide bonds. The first kappa shape index (κ1) is 21.3. The Kier molecular flexibility index (Phi) is 7.33. The lowest BCUT2D eigenvalue weighted by molar-refractivity contribution is 0.0174. The molecule has 0 aliphatic carbocycles. The number of likely N-dealkylation sites (tertiary alicyclic amines) is 1. The maximum absolute atomic E-state index is 12.1. The summed E-state index contributed by atoms with van der Waals surface area (Å²) in [5, 5.41) is 9.30. The van der Waals surface area contributed by atoms with E-state index in [1.165, 1.54) is 12.6 Å². The van der Waals surface area contributed by atoms with Gasteiger partial charge >= 0.3 is 6.09 Å². The van der Waals surface area contributed by atoms with Crippen LogP contribution in [0.25, 0.3) is 0 Å². The Morgan fingerprint density at radius 3 is 2.33 bits per heavy atom. The van der Waals surface area contributed by atoms with Crippen LogP contribution in [0.3, 0.4) is 0 Å². The Hall–Kier alpha value is -1.98. The van der Waals surface area contributed by atoms with Gasteiger partial charge in [-0.25, -0.2) is 9.78 Å². The van der Waals surface area contributed by atoms with Gasteiger partial charge in [-0.15, -0.1) is 0 Å². The van der Waals surface area contributed by atoms with Crippen LogP contribution in [0.2, 0.25) is 0 Å². The Morgan fingerprint density at radius 1 is 1.19 bits per heavy atom. The molecule has 1 aromatic rings. The number of hydrogen-bond acceptors (Lipinski definition) is 5. The van der Waals surface area contributed by atoms with Crippen LogP contribution >= 0.6 is 0 Å². The van der Waals surface area contributed by atoms with E-state index in [9.17, 15) is 9.90 Å². The van der Waals surface area contributed by atoms with Crippen LogP contribution in [0.4, 0.5) is 10.6 Å². The Bertz CT molecular complexity index is 584. The van der Waals surface area contributed by atoms with Crippen LogP contribution in [0.1, 0.15) is 53.9 Å². The average Bonchev–Trinajstić information content (AvgIpc) is 2.60. The van der Waals surface area contributed by atoms with Crippen LogP contribution in [-0.2, 0) is 4.74 Å². The van der Waals surface area contributed by atoms with Crippen molar-refractivity contribution in [3.05, 3.63) is 18.3 Å². The topological polar surface area (TPSA) is 65.9 Å². The van der Waals surface area contributed by atoms with Gasteiger partial charge in [0.2, 0.25) is 0 Å². The van der Waals surface area contributed by atoms with Crippen LogP contribution in [0.15, 0.2) is 18.3 Å². The number of piperidine rings is 1. The molecule has 27 heavy (non-hydrogen) atoms. The van der Waals surface area contributed by atoms with Gasteiger partial charge in [-0.2, -0.15) is 0 Å². The summed E-state index contributed by atoms with van der Waals surface area (Å²) in [4.78, 5) is 20.5. The molecule has 0 atom stereocenters. The van der Waals surface area contributed by atoms with Gasteiger partial charge < -0.3 is 19.6 Å². The third-order valence-electron chi connectivity index (χ3n) is 4.95. The van der Waals surface area contributed by atoms with Crippen molar-refractivity contribution in [2.75, 3.05) is 31.1 Å². The highest BCUT2D eigenvalue weighted by atomic mass is 16.6. The van der Waals surface area contributed by atoms with Crippen molar-refractivity contribution in [2.45, 2.75) is 59.5 Å². The lowest BCUT2D eigenvalue weighted by Gasteiger charge is -2.43. The van der Waals surface area contributed by atoms with E-state index in [0.29, 0.717) is 11.8 Å². The van der Waals surface area contributed by atoms with Crippen LogP contribution < -0.4 is 4.90 Å². The fourth-order valence-corrected chi connectivity index (χ4v) is 3.62. The summed E-state index contributed by atoms with van der Waals surface area (Å²) in [6, 6.07) is 3.55. The number of anilines is 1. The average molecular weight is 378 g/mol. The number of amides is 1. The van der Waals surface area contributed by atoms with E-state index >= 15 is 0 Å². The first-order valence-corrected chi connectivity index (χ1v) is 10.2. The van der Waals surface area contributed by atoms with Gasteiger partial charge in [0.25, 0.3) is 0 Å². The smallest absolute Gasteiger partial charge is 0.410 e. The molecule has 2 aliphatic rings. The first-order valence-electron chi connectivity index (χ1n) is 10.2. The molecule has 3 rings (SSSR count). The van der Waals surface area contributed by atoms with Gasteiger partial charge in [-0.1, -0.05) is 13.8 Å². The predicted octanol–water partition coefficient (Wildman–Crippen LogP) is 4.29. The van der Waals surface area contributed by atoms with Gasteiger partial charge in [0.1, 0.15) is 17.2 Å². The number of aromatic nitrogens is 1. The standard InChI is InChI=1S/C19H29N3O3.C2H6/c1-19(2,3)25-18(24)21-8-6-14(7-9-21)10-15-12-22(13-15)17-5-4-16(23)11-20-17;1-2/h4-5,11,14-15,23H,6-10,12-13H2,1-3H3;1-2H3. The van der Waals surface area contributed by atoms with Crippen molar-refractivity contribution in [1.82, 2.24) is 9.88 Å². The second-order valence-corrected chi connectivity index (χ2v) is 8.29. The fourth-order valence-electron chi connectivity index (χ4n) is 3.62. The van der Waals surface area contributed by atoms with Gasteiger partial charge in [0, 0.05) is 26.2 Å². The monoisotopic (exact) mass is 377 g/mol. The minimum Gasteiger partial charge on any atom is -0.506 e. The van der Waals surface area contributed by atoms with Gasteiger partial charge in [-0.3, -0.25) is 0 Å². The number of ether oxygens (including phenoxy) is 1. The third-order valence-corrected chi connectivity index (χ3v) is 4.95. The van der Waals surface area contributed by atoms with Crippen LogP contribution in [-0.4, -0.2) is 52.9 Å². The molecule has 3 heterocycles. The number of pyridine rings is 1. The third kappa shape index (κ3) is 6.29. The zero-order valence-electron chi connectivity index (χ0n) is 17.4. The number of hydrogen-bond donors (Lipinski definition) is 1. The number of rotatable bonds is 3. The summed E-state index contributed by atoms with van der Waals surface area (Å²) in [5.74, 6) is 2.54. The van der Waals surface area contributed by atoms with Crippen LogP contribution in [0.5, 0.6) is 5.75 Å². The highest BCUT2D eigenvalue weighted by molar-refractivity contribution is 5.68. The second-order valence-electron chi connectivity index (χ2n) is 8.29. The molecule has 2 fully saturated rings. The summed E-state index contributed by atoms with van der Waals surface area (Å²) in [5.41, 5.74) is -0.425. The zero-order chi connectivity index (χ0) is 20.0. The van der Waals surface area contributed by atoms with Crippen molar-refractivity contribution >= 4 is 11.9 Å². The lowest BCUT2D eigenvalue weighted by atomic mass is 9.83. The second kappa shape index (κ2) is 9.29. The van der Waals surface area contributed by atoms with E-state index in [2.05, 4.69) is 9.88 Å². The van der Waals surface area contributed by atoms with E-state index < -0.39 is 5.60 Å². The summed E-state index contributed by atoms with van der Waals surface area (Å²) < 4.78 is 5.45. The molecule has 0 bridgehead atoms. The normalized spacial score (nSPS) is 18.4. The molecule has 2 aliphatic heterocycles. The van der Waals surface area contributed by atoms with Crippen molar-refractivity contribution in [2.24, 2.45) is 11.8 Å². The highest BCUT2D eigenvalue weighted by Gasteiger charge is 2.32. The molecule has 0 radical (unpaired) electrons. The number of carbonyl (C=O) groups is 1. The van der Waals surface area contributed by atoms with Crippen LogP contribution in [0, 0.1) is 11.8 Å². The first-order chi connectivity index (χ1) is 12.8. The molecule has 0 aromatic carbocycles. The minimum atomic E-state index is -0.425. The van der Waals surface area contributed by atoms with Crippen molar-refractivity contribution in [3.8, 4) is 5.75 Å². The Morgan fingerprint density at radius 2 is 1.81 bits per heavy atom. The summed E-state index contributed by atoms with van der Waals surface area (Å²) >= 11 is 0. The highest BCUT2D eigenvalue weighted by Crippen LogP contribution is 2.32. The van der Waals surface area contributed by atoms with Gasteiger partial charge in [0.05, 0.1) is 6.20 Å². The van der Waals surface area contributed by atoms with E-state index in [4.69, 9.17) is 4.74 Å². The van der Waals surface area contributed by atoms with E-state index in [1.807, 2.05) is 45.6 Å². The number of carbonyl (C=O) groups excluding carboxylic acids is 1. The molecule has 1 aromatic heterocycles. The maximum Gasteiger partial charge on any atom is 0.410 e. The molecule has 6 heteroatoms. The molecule has 0 spiro atoms. The van der Waals surface area contributed by atoms with Crippen molar-refractivity contribution in [1.29, 1.82) is 0 Å². The zero-order valence-corrected chi connectivity index (χ0v) is 17.4. The SMILES string of the molecule is CC.CC(C)(C)OC(=O)N1CCC(CC2CN(c3ccc(O)cn3)C2)CC1. The summed E-state index contributed by atoms with van der Waals surface area (Å²) in [6.45, 7) is 13.4. The minimum absolute atomic E-state index is 0.181. The van der Waals surface area contributed by atoms with E-state index in [1.54, 1.807) is 6.07 Å². The maximum atomic E-state index is 12.1. The molecular weight excluding hydrogens is 342 g/mol. The quantitative estimate of drug-likeness (QED) is 0.851. The van der Waals surface area contributed by atoms with Crippen molar-refractivity contribution < 1.29 is 14.6 Å². The van der Waals surface area contributed by atoms with Gasteiger partial charge in [0.15, 0.2) is 0 Å². The molecule has 0 unspecified atom stereocenters. The Labute approximate surface area is 163 Å². The Balaban J connectivity index is 0.00000126. The largest absolute Gasteiger partial charge is 0.506 e. The molecule has 1 N–H and O–H groups in total. The van der Waals surface area contributed by atoms with Gasteiger partial charge in [-0.05, 0) is 64.0 Å². The molecule has 6 nitrogen and oxygen atoms in total. The molecule has 0 saturated carbocycles. The predicted molar refractivity (Wildman–Crippen MR) is 108 cm³/mol. The number of aromatic hydroxyl groups is 1. The van der Waals surface area contributed by atoms with E-state index in [-0.39, 0.29) is 11.8 Å².